The molecule has 0 radical (unpaired) electrons. The van der Waals surface area contributed by atoms with E-state index in [1.165, 1.54) is 52.0 Å². The first-order valence-electron chi connectivity index (χ1n) is 36.3. The maximum Gasteiger partial charge on any atom is 0.322 e. The number of aromatic hydroxyl groups is 1. The van der Waals surface area contributed by atoms with Crippen molar-refractivity contribution < 1.29 is 137 Å². The number of carboxylic acids is 3. The van der Waals surface area contributed by atoms with Crippen LogP contribution in [0, 0.1) is 17.8 Å². The van der Waals surface area contributed by atoms with E-state index in [9.17, 15) is 132 Å². The highest BCUT2D eigenvalue weighted by Crippen LogP contribution is 2.14. The summed E-state index contributed by atoms with van der Waals surface area (Å²) < 4.78 is 0. The standard InChI is InChI=1S/C69H110N18O28/c1-28(2)20-41(80-57(103)32(8)76-46(94)24-72-60(106)43(22-49(98)99)81-58(104)33(9)75-45(93)23-71-56(102)31(7)78-68(114)55(37(13)91)87-65(111)51(70)29(3)4)63(109)86-53(35(11)89)67(113)73-25-47(95)84-54(36(12)90)69(115)82-42(21-38-14-16-39(92)17-15-38)62(108)79-40(18-19-48(96)97)61(107)83-44(27-88)64(110)77-34(10)59(105)85-52(30(5)6)66(112)74-26-50(100)101/h14-17,28-37,40-44,51-55,88-92H,18-27,70H2,1-13H3,(H,71,102)(H,72,106)(H,73,113)(H,74,112)(H,75,93)(H,76,94)(H,77,110)(H,78,114)(H,79,108)(H,80,103)(H,81,104)(H,82,115)(H,83,107)(H,84,95)(H,85,105)(H,86,109)(H,87,111)(H,96,97)(H,98,99)(H,100,101)/t31-,32-,33-,34-,35+,36+,37+,40-,41-,42-,43-,44-,51-,52-,53-,54-,55-/m0/s1. The molecule has 0 saturated carbocycles. The normalized spacial score (nSPS) is 15.5. The first kappa shape index (κ1) is 101. The fourth-order valence-corrected chi connectivity index (χ4v) is 9.98. The molecule has 17 amide bonds. The highest BCUT2D eigenvalue weighted by molar-refractivity contribution is 6.01. The van der Waals surface area contributed by atoms with Crippen molar-refractivity contribution in [1.29, 1.82) is 0 Å². The van der Waals surface area contributed by atoms with Gasteiger partial charge in [0.15, 0.2) is 0 Å². The predicted octanol–water partition coefficient (Wildman–Crippen LogP) is -11.0. The van der Waals surface area contributed by atoms with Gasteiger partial charge in [0.05, 0.1) is 57.0 Å². The number of benzene rings is 1. The minimum absolute atomic E-state index is 0.144. The van der Waals surface area contributed by atoms with Crippen LogP contribution in [-0.4, -0.2) is 295 Å². The smallest absolute Gasteiger partial charge is 0.322 e. The number of amides is 17. The van der Waals surface area contributed by atoms with Crippen molar-refractivity contribution in [3.8, 4) is 5.75 Å². The summed E-state index contributed by atoms with van der Waals surface area (Å²) in [6.07, 6.45) is -8.15. The molecule has 0 bridgehead atoms. The Hall–Kier alpha value is -11.8. The molecule has 1 aromatic rings. The van der Waals surface area contributed by atoms with Crippen LogP contribution in [-0.2, 0) is 102 Å². The van der Waals surface area contributed by atoms with Gasteiger partial charge in [-0.3, -0.25) is 95.9 Å². The highest BCUT2D eigenvalue weighted by atomic mass is 16.4. The summed E-state index contributed by atoms with van der Waals surface area (Å²) in [7, 11) is 0. The molecular weight excluding hydrogens is 1530 g/mol. The monoisotopic (exact) mass is 1640 g/mol. The Balaban J connectivity index is 3.16. The van der Waals surface area contributed by atoms with Crippen LogP contribution in [0.1, 0.15) is 121 Å². The molecule has 27 N–H and O–H groups in total. The van der Waals surface area contributed by atoms with E-state index in [0.717, 1.165) is 34.6 Å². The maximum absolute atomic E-state index is 14.2. The van der Waals surface area contributed by atoms with Crippen LogP contribution in [0.2, 0.25) is 0 Å². The van der Waals surface area contributed by atoms with E-state index in [4.69, 9.17) is 10.8 Å². The largest absolute Gasteiger partial charge is 0.508 e. The van der Waals surface area contributed by atoms with Crippen LogP contribution in [0.3, 0.4) is 0 Å². The number of aliphatic hydroxyl groups is 4. The van der Waals surface area contributed by atoms with Gasteiger partial charge in [-0.05, 0) is 96.8 Å². The second-order valence-electron chi connectivity index (χ2n) is 28.1. The van der Waals surface area contributed by atoms with Crippen LogP contribution < -0.4 is 96.1 Å². The minimum Gasteiger partial charge on any atom is -0.508 e. The predicted molar refractivity (Wildman–Crippen MR) is 398 cm³/mol. The number of phenols is 1. The van der Waals surface area contributed by atoms with Crippen molar-refractivity contribution in [2.75, 3.05) is 32.8 Å². The lowest BCUT2D eigenvalue weighted by Crippen LogP contribution is -2.61. The van der Waals surface area contributed by atoms with E-state index < -0.39 is 286 Å². The van der Waals surface area contributed by atoms with Crippen LogP contribution in [0.15, 0.2) is 24.3 Å². The first-order chi connectivity index (χ1) is 53.4. The van der Waals surface area contributed by atoms with Gasteiger partial charge in [-0.1, -0.05) is 53.7 Å². The van der Waals surface area contributed by atoms with Crippen molar-refractivity contribution >= 4 is 118 Å². The second-order valence-corrected chi connectivity index (χ2v) is 28.1. The fraction of sp³-hybridized carbons (Fsp3) is 0.623. The zero-order chi connectivity index (χ0) is 88.2. The quantitative estimate of drug-likeness (QED) is 0.0288. The SMILES string of the molecule is CC(C)C[C@H](NC(=O)[C@H](C)NC(=O)CNC(=O)[C@H](CC(=O)O)NC(=O)[C@H](C)NC(=O)CNC(=O)[C@H](C)NC(=O)[C@@H](NC(=O)[C@@H](N)C(C)C)[C@@H](C)O)C(=O)N[C@H](C(=O)NCC(=O)N[C@H](C(=O)N[C@@H](Cc1ccc(O)cc1)C(=O)N[C@@H](CCC(=O)O)C(=O)N[C@@H](CO)C(=O)N[C@@H](C)C(=O)N[C@H](C(=O)NCC(=O)O)C(C)C)[C@@H](C)O)[C@@H](C)O. The van der Waals surface area contributed by atoms with Crippen molar-refractivity contribution in [2.45, 2.75) is 225 Å². The Labute approximate surface area is 660 Å². The molecule has 46 heteroatoms. The molecule has 0 saturated heterocycles. The summed E-state index contributed by atoms with van der Waals surface area (Å²) >= 11 is 0. The molecule has 0 aliphatic rings. The lowest BCUT2D eigenvalue weighted by atomic mass is 10.0. The number of carboxylic acid groups (broad SMARTS) is 3. The van der Waals surface area contributed by atoms with Crippen LogP contribution in [0.5, 0.6) is 5.75 Å². The molecule has 0 spiro atoms. The summed E-state index contributed by atoms with van der Waals surface area (Å²) in [4.78, 5) is 260. The Morgan fingerprint density at radius 1 is 0.339 bits per heavy atom. The number of hydrogen-bond acceptors (Lipinski definition) is 26. The average Bonchev–Trinajstić information content (AvgIpc) is 0.845. The van der Waals surface area contributed by atoms with Crippen LogP contribution >= 0.6 is 0 Å². The van der Waals surface area contributed by atoms with Crippen LogP contribution in [0.25, 0.3) is 0 Å². The summed E-state index contributed by atoms with van der Waals surface area (Å²) in [6.45, 7) is 12.9. The zero-order valence-electron chi connectivity index (χ0n) is 65.7. The number of nitrogens with one attached hydrogen (secondary N) is 17. The summed E-state index contributed by atoms with van der Waals surface area (Å²) in [5.74, 6) is -24.4. The number of rotatable bonds is 50. The van der Waals surface area contributed by atoms with Gasteiger partial charge >= 0.3 is 17.9 Å². The molecule has 115 heavy (non-hydrogen) atoms. The van der Waals surface area contributed by atoms with Gasteiger partial charge < -0.3 is 137 Å². The molecule has 0 fully saturated rings. The number of aliphatic hydroxyl groups excluding tert-OH is 4. The molecule has 1 aromatic carbocycles. The summed E-state index contributed by atoms with van der Waals surface area (Å²) in [5, 5.41) is 118. The molecule has 0 aromatic heterocycles. The van der Waals surface area contributed by atoms with Gasteiger partial charge in [-0.25, -0.2) is 0 Å². The molecule has 17 atom stereocenters. The number of hydrogen-bond donors (Lipinski definition) is 26. The topological polar surface area (TPSA) is 734 Å². The van der Waals surface area contributed by atoms with Gasteiger partial charge in [0, 0.05) is 12.8 Å². The maximum atomic E-state index is 14.2. The minimum atomic E-state index is -1.98. The molecule has 0 heterocycles. The number of aliphatic carboxylic acids is 3. The lowest BCUT2D eigenvalue weighted by Gasteiger charge is -2.28. The lowest BCUT2D eigenvalue weighted by molar-refractivity contribution is -0.141. The number of carbonyl (C=O) groups is 20. The Kier molecular flexibility index (Phi) is 43.7. The Morgan fingerprint density at radius 3 is 1.18 bits per heavy atom. The molecule has 0 unspecified atom stereocenters. The third-order valence-electron chi connectivity index (χ3n) is 16.7. The molecule has 1 rings (SSSR count). The molecule has 644 valence electrons. The van der Waals surface area contributed by atoms with E-state index in [2.05, 4.69) is 90.4 Å². The average molecular weight is 1640 g/mol. The van der Waals surface area contributed by atoms with E-state index in [1.54, 1.807) is 27.7 Å². The summed E-state index contributed by atoms with van der Waals surface area (Å²) in [5.41, 5.74) is 6.04. The second kappa shape index (κ2) is 49.7. The fourth-order valence-electron chi connectivity index (χ4n) is 9.98. The number of nitrogens with two attached hydrogens (primary N) is 1. The first-order valence-corrected chi connectivity index (χ1v) is 36.3. The zero-order valence-corrected chi connectivity index (χ0v) is 65.7. The third-order valence-corrected chi connectivity index (χ3v) is 16.7. The Bertz CT molecular complexity index is 3620. The highest BCUT2D eigenvalue weighted by Gasteiger charge is 2.38. The molecule has 0 aliphatic carbocycles. The van der Waals surface area contributed by atoms with Gasteiger partial charge in [0.25, 0.3) is 0 Å². The number of phenolic OH excluding ortho intramolecular Hbond substituents is 1. The summed E-state index contributed by atoms with van der Waals surface area (Å²) in [6, 6.07) is -17.4. The van der Waals surface area contributed by atoms with E-state index in [1.807, 2.05) is 0 Å². The molecule has 0 aliphatic heterocycles. The molecule has 46 nitrogen and oxygen atoms in total. The third kappa shape index (κ3) is 37.6. The molecular formula is C69H110N18O28. The van der Waals surface area contributed by atoms with E-state index >= 15 is 0 Å². The Morgan fingerprint density at radius 2 is 0.704 bits per heavy atom. The van der Waals surface area contributed by atoms with Crippen molar-refractivity contribution in [2.24, 2.45) is 23.5 Å². The van der Waals surface area contributed by atoms with E-state index in [0.29, 0.717) is 0 Å². The van der Waals surface area contributed by atoms with Crippen LogP contribution in [0.4, 0.5) is 0 Å². The van der Waals surface area contributed by atoms with Gasteiger partial charge in [-0.2, -0.15) is 0 Å². The van der Waals surface area contributed by atoms with Gasteiger partial charge in [0.2, 0.25) is 100 Å². The van der Waals surface area contributed by atoms with Gasteiger partial charge in [-0.15, -0.1) is 0 Å². The van der Waals surface area contributed by atoms with E-state index in [-0.39, 0.29) is 29.6 Å². The van der Waals surface area contributed by atoms with Crippen molar-refractivity contribution in [1.82, 2.24) is 90.4 Å². The number of carbonyl (C=O) groups excluding carboxylic acids is 17. The van der Waals surface area contributed by atoms with Crippen molar-refractivity contribution in [3.63, 3.8) is 0 Å². The van der Waals surface area contributed by atoms with Crippen molar-refractivity contribution in [3.05, 3.63) is 29.8 Å². The van der Waals surface area contributed by atoms with Gasteiger partial charge in [0.1, 0.15) is 90.8 Å².